The molecule has 3 aromatic heterocycles. The molecule has 0 bridgehead atoms. The Morgan fingerprint density at radius 3 is 1.12 bits per heavy atom. The van der Waals surface area contributed by atoms with Gasteiger partial charge in [-0.25, -0.2) is 34.9 Å². The topological polar surface area (TPSA) is 95.2 Å². The summed E-state index contributed by atoms with van der Waals surface area (Å²) >= 11 is 0. The van der Waals surface area contributed by atoms with Crippen LogP contribution in [0.25, 0.3) is 134 Å². The second-order valence-corrected chi connectivity index (χ2v) is 24.0. The fourth-order valence-corrected chi connectivity index (χ4v) is 17.4. The lowest BCUT2D eigenvalue weighted by atomic mass is 9.97. The average Bonchev–Trinajstić information content (AvgIpc) is 2.90. The van der Waals surface area contributed by atoms with E-state index in [2.05, 4.69) is 198 Å². The van der Waals surface area contributed by atoms with Gasteiger partial charge in [-0.15, -0.1) is 0 Å². The smallest absolute Gasteiger partial charge is 0.259 e. The largest absolute Gasteiger partial charge is 0.339 e. The molecule has 0 saturated heterocycles. The summed E-state index contributed by atoms with van der Waals surface area (Å²) in [5, 5.41) is 12.3. The van der Waals surface area contributed by atoms with Crippen molar-refractivity contribution in [3.05, 3.63) is 267 Å². The molecule has 8 nitrogen and oxygen atoms in total. The highest BCUT2D eigenvalue weighted by Crippen LogP contribution is 2.41. The maximum absolute atomic E-state index is 5.56. The molecular weight excluding hydrogens is 993 g/mol. The van der Waals surface area contributed by atoms with E-state index in [1.165, 1.54) is 5.19 Å². The summed E-state index contributed by atoms with van der Waals surface area (Å²) in [6.07, 6.45) is 0. The molecule has 0 spiro atoms. The zero-order chi connectivity index (χ0) is 52.7. The summed E-state index contributed by atoms with van der Waals surface area (Å²) in [5.74, 6) is 4.51. The van der Waals surface area contributed by atoms with E-state index in [0.717, 1.165) is 109 Å². The van der Waals surface area contributed by atoms with Gasteiger partial charge in [0.05, 0.1) is 11.0 Å². The fraction of sp³-hybridized carbons (Fsp3) is 0. The van der Waals surface area contributed by atoms with Crippen LogP contribution in [0.2, 0.25) is 0 Å². The van der Waals surface area contributed by atoms with Crippen molar-refractivity contribution in [2.24, 2.45) is 0 Å². The lowest BCUT2D eigenvalue weighted by Crippen LogP contribution is -2.70. The molecule has 0 amide bonds. The molecule has 372 valence electrons. The van der Waals surface area contributed by atoms with Gasteiger partial charge in [0.25, 0.3) is 8.24 Å². The van der Waals surface area contributed by atoms with E-state index in [4.69, 9.17) is 34.9 Å². The Labute approximate surface area is 461 Å². The van der Waals surface area contributed by atoms with Crippen molar-refractivity contribution in [1.29, 1.82) is 0 Å². The number of hydrogen-bond donors (Lipinski definition) is 0. The molecule has 0 unspecified atom stereocenters. The molecule has 1 aliphatic rings. The molecular formula is C71H44N8Si. The summed E-state index contributed by atoms with van der Waals surface area (Å²) < 4.78 is 2.61. The van der Waals surface area contributed by atoms with Gasteiger partial charge in [-0.1, -0.05) is 243 Å². The lowest BCUT2D eigenvalue weighted by molar-refractivity contribution is 1.08. The van der Waals surface area contributed by atoms with Gasteiger partial charge in [0.1, 0.15) is 5.82 Å². The summed E-state index contributed by atoms with van der Waals surface area (Å²) in [5.41, 5.74) is 8.55. The van der Waals surface area contributed by atoms with E-state index in [1.54, 1.807) is 0 Å². The van der Waals surface area contributed by atoms with Crippen LogP contribution in [0.15, 0.2) is 267 Å². The molecule has 80 heavy (non-hydrogen) atoms. The highest BCUT2D eigenvalue weighted by molar-refractivity contribution is 7.12. The molecule has 9 heteroatoms. The van der Waals surface area contributed by atoms with E-state index < -0.39 is 8.24 Å². The van der Waals surface area contributed by atoms with E-state index >= 15 is 0 Å². The number of benzene rings is 12. The maximum Gasteiger partial charge on any atom is 0.259 e. The Balaban J connectivity index is 1.07. The first-order valence-corrected chi connectivity index (χ1v) is 28.8. The van der Waals surface area contributed by atoms with Gasteiger partial charge in [0.15, 0.2) is 34.9 Å². The predicted octanol–water partition coefficient (Wildman–Crippen LogP) is 14.5. The van der Waals surface area contributed by atoms with Crippen molar-refractivity contribution >= 4 is 77.9 Å². The SMILES string of the molecule is c1ccc(-c2nc(-c3ccccc3)nc(-c3cc([Si]4(c5cc(-c6nc(-c7ccccc7)nc(-c7ccccc7)n6)c6c(ccc7ccccc76)c5)c5ccccc5-c5nc6ccccc6n54)cc4ccc5ccccc5c34)n2)cc1. The highest BCUT2D eigenvalue weighted by Gasteiger charge is 2.52. The van der Waals surface area contributed by atoms with Gasteiger partial charge in [-0.3, -0.25) is 0 Å². The van der Waals surface area contributed by atoms with Crippen LogP contribution < -0.4 is 15.6 Å². The Hall–Kier alpha value is -10.6. The third kappa shape index (κ3) is 7.18. The first-order chi connectivity index (χ1) is 39.6. The number of hydrogen-bond acceptors (Lipinski definition) is 7. The minimum atomic E-state index is -3.63. The third-order valence-corrected chi connectivity index (χ3v) is 20.4. The molecule has 12 aromatic carbocycles. The Morgan fingerprint density at radius 1 is 0.275 bits per heavy atom. The molecule has 4 heterocycles. The van der Waals surface area contributed by atoms with Crippen LogP contribution in [0, 0.1) is 0 Å². The maximum atomic E-state index is 5.56. The molecule has 15 aromatic rings. The molecule has 16 rings (SSSR count). The monoisotopic (exact) mass is 1040 g/mol. The van der Waals surface area contributed by atoms with Crippen LogP contribution in [-0.2, 0) is 0 Å². The molecule has 0 atom stereocenters. The van der Waals surface area contributed by atoms with E-state index in [1.807, 2.05) is 72.8 Å². The van der Waals surface area contributed by atoms with Crippen LogP contribution in [0.3, 0.4) is 0 Å². The van der Waals surface area contributed by atoms with Crippen molar-refractivity contribution in [1.82, 2.24) is 39.1 Å². The first kappa shape index (κ1) is 45.6. The quantitative estimate of drug-likeness (QED) is 0.110. The van der Waals surface area contributed by atoms with Crippen LogP contribution >= 0.6 is 0 Å². The lowest BCUT2D eigenvalue weighted by Gasteiger charge is -2.33. The molecule has 1 aliphatic heterocycles. The minimum absolute atomic E-state index is 0.588. The predicted molar refractivity (Wildman–Crippen MR) is 328 cm³/mol. The summed E-state index contributed by atoms with van der Waals surface area (Å²) in [7, 11) is -3.63. The zero-order valence-corrected chi connectivity index (χ0v) is 44.0. The first-order valence-electron chi connectivity index (χ1n) is 26.9. The van der Waals surface area contributed by atoms with Crippen molar-refractivity contribution < 1.29 is 0 Å². The van der Waals surface area contributed by atoms with Crippen LogP contribution in [0.4, 0.5) is 0 Å². The van der Waals surface area contributed by atoms with Crippen LogP contribution in [-0.4, -0.2) is 47.4 Å². The number of fused-ring (bicyclic) bond motifs is 11. The highest BCUT2D eigenvalue weighted by atomic mass is 28.3. The Morgan fingerprint density at radius 2 is 0.650 bits per heavy atom. The summed E-state index contributed by atoms with van der Waals surface area (Å²) in [6, 6.07) is 94.5. The number of aromatic nitrogens is 8. The molecule has 0 radical (unpaired) electrons. The number of imidazole rings is 1. The van der Waals surface area contributed by atoms with Crippen molar-refractivity contribution in [2.45, 2.75) is 0 Å². The number of nitrogens with zero attached hydrogens (tertiary/aromatic N) is 8. The van der Waals surface area contributed by atoms with Gasteiger partial charge in [-0.05, 0) is 72.1 Å². The molecule has 0 N–H and O–H groups in total. The van der Waals surface area contributed by atoms with Gasteiger partial charge >= 0.3 is 0 Å². The average molecular weight is 1040 g/mol. The summed E-state index contributed by atoms with van der Waals surface area (Å²) in [4.78, 5) is 37.9. The zero-order valence-electron chi connectivity index (χ0n) is 43.0. The van der Waals surface area contributed by atoms with Crippen molar-refractivity contribution in [3.63, 3.8) is 0 Å². The van der Waals surface area contributed by atoms with Gasteiger partial charge < -0.3 is 4.23 Å². The Bertz CT molecular complexity index is 4590. The van der Waals surface area contributed by atoms with E-state index in [-0.39, 0.29) is 0 Å². The minimum Gasteiger partial charge on any atom is -0.339 e. The van der Waals surface area contributed by atoms with E-state index in [9.17, 15) is 0 Å². The fourth-order valence-electron chi connectivity index (χ4n) is 12.3. The summed E-state index contributed by atoms with van der Waals surface area (Å²) in [6.45, 7) is 0. The molecule has 0 aliphatic carbocycles. The Kier molecular flexibility index (Phi) is 10.4. The van der Waals surface area contributed by atoms with Crippen molar-refractivity contribution in [3.8, 4) is 79.7 Å². The normalized spacial score (nSPS) is 12.6. The van der Waals surface area contributed by atoms with Crippen LogP contribution in [0.1, 0.15) is 0 Å². The second-order valence-electron chi connectivity index (χ2n) is 20.4. The number of rotatable bonds is 8. The van der Waals surface area contributed by atoms with Gasteiger partial charge in [0.2, 0.25) is 0 Å². The van der Waals surface area contributed by atoms with E-state index in [0.29, 0.717) is 34.9 Å². The molecule has 0 saturated carbocycles. The molecule has 0 fully saturated rings. The van der Waals surface area contributed by atoms with Crippen LogP contribution in [0.5, 0.6) is 0 Å². The van der Waals surface area contributed by atoms with Gasteiger partial charge in [-0.2, -0.15) is 0 Å². The van der Waals surface area contributed by atoms with Gasteiger partial charge in [0, 0.05) is 49.7 Å². The number of para-hydroxylation sites is 2. The third-order valence-electron chi connectivity index (χ3n) is 15.9. The van der Waals surface area contributed by atoms with Crippen molar-refractivity contribution in [2.75, 3.05) is 0 Å². The standard InChI is InChI=1S/C71H44N8Si/c1-5-23-47(24-6-1)65-73-66(48-25-7-2-8-26-48)76-69(75-65)58-43-53(41-51-39-37-45-21-13-15-31-55(45)63(51)58)80(62-36-20-17-33-57(62)71-72-60-34-18-19-35-61(60)79(71)80)54-42-52-40-38-46-22-14-16-32-56(46)64(52)59(44-54)70-77-67(49-27-9-3-10-28-49)74-68(78-70)50-29-11-4-12-30-50/h1-44H. The second kappa shape index (κ2) is 18.3.